The van der Waals surface area contributed by atoms with Gasteiger partial charge in [0.05, 0.1) is 28.1 Å². The van der Waals surface area contributed by atoms with Gasteiger partial charge in [-0.05, 0) is 60.2 Å². The van der Waals surface area contributed by atoms with Crippen LogP contribution in [0.5, 0.6) is 11.5 Å². The molecule has 1 aromatic heterocycles. The molecule has 1 aliphatic rings. The number of hydrogen-bond donors (Lipinski definition) is 0. The van der Waals surface area contributed by atoms with Crippen molar-refractivity contribution in [3.63, 3.8) is 0 Å². The zero-order valence-corrected chi connectivity index (χ0v) is 21.9. The van der Waals surface area contributed by atoms with Gasteiger partial charge in [0.1, 0.15) is 4.90 Å². The Labute approximate surface area is 218 Å². The lowest BCUT2D eigenvalue weighted by atomic mass is 10.1. The van der Waals surface area contributed by atoms with E-state index in [2.05, 4.69) is 0 Å². The van der Waals surface area contributed by atoms with E-state index in [0.717, 1.165) is 12.8 Å². The van der Waals surface area contributed by atoms with Crippen molar-refractivity contribution in [2.24, 2.45) is 0 Å². The number of amides is 1. The van der Waals surface area contributed by atoms with E-state index in [9.17, 15) is 13.2 Å². The predicted octanol–water partition coefficient (Wildman–Crippen LogP) is 5.65. The van der Waals surface area contributed by atoms with Gasteiger partial charge in [-0.2, -0.15) is 8.42 Å². The molecular weight excluding hydrogens is 533 g/mol. The van der Waals surface area contributed by atoms with Gasteiger partial charge in [-0.15, -0.1) is 11.3 Å². The summed E-state index contributed by atoms with van der Waals surface area (Å²) in [6.45, 7) is 1.35. The maximum atomic E-state index is 13.2. The molecule has 2 aromatic carbocycles. The zero-order valence-electron chi connectivity index (χ0n) is 18.8. The number of halogens is 2. The number of nitrogens with zero attached hydrogens (tertiary/aromatic N) is 1. The molecule has 1 atom stereocenters. The van der Waals surface area contributed by atoms with Crippen LogP contribution >= 0.6 is 34.5 Å². The van der Waals surface area contributed by atoms with E-state index < -0.39 is 10.1 Å². The second-order valence-electron chi connectivity index (χ2n) is 7.90. The van der Waals surface area contributed by atoms with Gasteiger partial charge in [0.2, 0.25) is 0 Å². The van der Waals surface area contributed by atoms with Gasteiger partial charge in [0.15, 0.2) is 11.5 Å². The largest absolute Gasteiger partial charge is 0.493 e. The molecule has 7 nitrogen and oxygen atoms in total. The van der Waals surface area contributed by atoms with Gasteiger partial charge >= 0.3 is 10.1 Å². The number of rotatable bonds is 9. The normalized spacial score (nSPS) is 15.7. The van der Waals surface area contributed by atoms with Crippen LogP contribution in [-0.4, -0.2) is 45.6 Å². The summed E-state index contributed by atoms with van der Waals surface area (Å²) in [5, 5.41) is 2.17. The van der Waals surface area contributed by atoms with Gasteiger partial charge in [-0.1, -0.05) is 35.3 Å². The van der Waals surface area contributed by atoms with Crippen molar-refractivity contribution in [3.8, 4) is 11.5 Å². The lowest BCUT2D eigenvalue weighted by Gasteiger charge is -2.25. The fourth-order valence-electron chi connectivity index (χ4n) is 3.71. The zero-order chi connectivity index (χ0) is 25.0. The van der Waals surface area contributed by atoms with E-state index in [1.54, 1.807) is 29.2 Å². The first-order valence-corrected chi connectivity index (χ1v) is 13.8. The Morgan fingerprint density at radius 3 is 2.63 bits per heavy atom. The maximum absolute atomic E-state index is 13.2. The van der Waals surface area contributed by atoms with Crippen molar-refractivity contribution >= 4 is 50.6 Å². The topological polar surface area (TPSA) is 82.1 Å². The van der Waals surface area contributed by atoms with Gasteiger partial charge < -0.3 is 18.6 Å². The smallest absolute Gasteiger partial charge is 0.339 e. The van der Waals surface area contributed by atoms with Crippen LogP contribution in [0.4, 0.5) is 0 Å². The average Bonchev–Trinajstić information content (AvgIpc) is 3.54. The van der Waals surface area contributed by atoms with Gasteiger partial charge in [0, 0.05) is 19.7 Å². The lowest BCUT2D eigenvalue weighted by molar-refractivity contribution is 0.0511. The monoisotopic (exact) mass is 555 g/mol. The third kappa shape index (κ3) is 6.29. The third-order valence-electron chi connectivity index (χ3n) is 5.45. The lowest BCUT2D eigenvalue weighted by Crippen LogP contribution is -2.36. The summed E-state index contributed by atoms with van der Waals surface area (Å²) in [5.74, 6) is 0.113. The van der Waals surface area contributed by atoms with Crippen LogP contribution in [0.3, 0.4) is 0 Å². The van der Waals surface area contributed by atoms with Crippen molar-refractivity contribution < 1.29 is 26.9 Å². The number of ether oxygens (including phenoxy) is 2. The molecule has 0 unspecified atom stereocenters. The van der Waals surface area contributed by atoms with E-state index in [-0.39, 0.29) is 45.0 Å². The minimum Gasteiger partial charge on any atom is -0.493 e. The molecule has 3 aromatic rings. The van der Waals surface area contributed by atoms with Crippen LogP contribution in [0.2, 0.25) is 10.0 Å². The molecule has 0 N–H and O–H groups in total. The summed E-state index contributed by atoms with van der Waals surface area (Å²) in [4.78, 5) is 15.4. The number of benzene rings is 2. The molecular formula is C24H23Cl2NO6S2. The van der Waals surface area contributed by atoms with Crippen LogP contribution < -0.4 is 8.92 Å². The number of hydrogen-bond acceptors (Lipinski definition) is 7. The van der Waals surface area contributed by atoms with E-state index in [4.69, 9.17) is 36.9 Å². The molecule has 11 heteroatoms. The number of carbonyl (C=O) groups excluding carboxylic acids is 1. The first-order valence-electron chi connectivity index (χ1n) is 10.8. The molecule has 0 saturated carbocycles. The quantitative estimate of drug-likeness (QED) is 0.317. The van der Waals surface area contributed by atoms with Gasteiger partial charge in [-0.25, -0.2) is 0 Å². The predicted molar refractivity (Wildman–Crippen MR) is 135 cm³/mol. The molecule has 0 aliphatic carbocycles. The van der Waals surface area contributed by atoms with E-state index >= 15 is 0 Å². The highest BCUT2D eigenvalue weighted by molar-refractivity contribution is 7.87. The van der Waals surface area contributed by atoms with Crippen LogP contribution in [0, 0.1) is 0 Å². The number of methoxy groups -OCH3 is 1. The fourth-order valence-corrected chi connectivity index (χ4v) is 5.73. The molecule has 1 fully saturated rings. The van der Waals surface area contributed by atoms with E-state index in [1.165, 1.54) is 36.6 Å². The van der Waals surface area contributed by atoms with Crippen LogP contribution in [0.25, 0.3) is 0 Å². The standard InChI is InChI=1S/C24H23Cl2NO6S2/c1-31-21-9-6-16(12-22(21)33-35(29,30)18-7-8-19(25)20(26)13-18)14-27(15-17-4-2-10-32-17)24(28)23-5-3-11-34-23/h3,5-9,11-13,17H,2,4,10,14-15H2,1H3/t17-/m1/s1. The highest BCUT2D eigenvalue weighted by Crippen LogP contribution is 2.33. The Bertz CT molecular complexity index is 1290. The van der Waals surface area contributed by atoms with E-state index in [0.29, 0.717) is 23.6 Å². The Kier molecular flexibility index (Phi) is 8.23. The SMILES string of the molecule is COc1ccc(CN(C[C@H]2CCCO2)C(=O)c2cccs2)cc1OS(=O)(=O)c1ccc(Cl)c(Cl)c1. The molecule has 35 heavy (non-hydrogen) atoms. The molecule has 186 valence electrons. The molecule has 0 bridgehead atoms. The summed E-state index contributed by atoms with van der Waals surface area (Å²) in [7, 11) is -2.81. The summed E-state index contributed by atoms with van der Waals surface area (Å²) < 4.78 is 42.3. The van der Waals surface area contributed by atoms with Crippen molar-refractivity contribution in [2.45, 2.75) is 30.4 Å². The second kappa shape index (κ2) is 11.2. The minimum atomic E-state index is -4.22. The molecule has 1 aliphatic heterocycles. The molecule has 0 spiro atoms. The molecule has 1 amide bonds. The highest BCUT2D eigenvalue weighted by Gasteiger charge is 2.25. The summed E-state index contributed by atoms with van der Waals surface area (Å²) in [5.41, 5.74) is 0.674. The Morgan fingerprint density at radius 1 is 1.14 bits per heavy atom. The van der Waals surface area contributed by atoms with Crippen molar-refractivity contribution in [2.75, 3.05) is 20.3 Å². The Balaban J connectivity index is 1.60. The fraction of sp³-hybridized carbons (Fsp3) is 0.292. The van der Waals surface area contributed by atoms with Crippen molar-refractivity contribution in [1.29, 1.82) is 0 Å². The molecule has 1 saturated heterocycles. The summed E-state index contributed by atoms with van der Waals surface area (Å²) in [6, 6.07) is 12.4. The maximum Gasteiger partial charge on any atom is 0.339 e. The average molecular weight is 556 g/mol. The first kappa shape index (κ1) is 25.8. The molecule has 2 heterocycles. The van der Waals surface area contributed by atoms with Crippen LogP contribution in [0.1, 0.15) is 28.1 Å². The highest BCUT2D eigenvalue weighted by atomic mass is 35.5. The number of thiophene rings is 1. The summed E-state index contributed by atoms with van der Waals surface area (Å²) >= 11 is 13.3. The third-order valence-corrected chi connectivity index (χ3v) is 8.28. The second-order valence-corrected chi connectivity index (χ2v) is 11.2. The van der Waals surface area contributed by atoms with Gasteiger partial charge in [-0.3, -0.25) is 4.79 Å². The van der Waals surface area contributed by atoms with Crippen molar-refractivity contribution in [1.82, 2.24) is 4.90 Å². The summed E-state index contributed by atoms with van der Waals surface area (Å²) in [6.07, 6.45) is 1.80. The van der Waals surface area contributed by atoms with Crippen LogP contribution in [0.15, 0.2) is 58.8 Å². The van der Waals surface area contributed by atoms with Crippen molar-refractivity contribution in [3.05, 3.63) is 74.4 Å². The van der Waals surface area contributed by atoms with E-state index in [1.807, 2.05) is 11.4 Å². The van der Waals surface area contributed by atoms with Crippen LogP contribution in [-0.2, 0) is 21.4 Å². The minimum absolute atomic E-state index is 0.00304. The number of carbonyl (C=O) groups is 1. The Morgan fingerprint density at radius 2 is 1.97 bits per heavy atom. The van der Waals surface area contributed by atoms with Gasteiger partial charge in [0.25, 0.3) is 5.91 Å². The molecule has 4 rings (SSSR count). The Hall–Kier alpha value is -2.30. The first-order chi connectivity index (χ1) is 16.8. The molecule has 0 radical (unpaired) electrons.